The van der Waals surface area contributed by atoms with Gasteiger partial charge in [-0.15, -0.1) is 0 Å². The predicted molar refractivity (Wildman–Crippen MR) is 71.5 cm³/mol. The number of hydrogen-bond donors (Lipinski definition) is 1. The second kappa shape index (κ2) is 5.54. The monoisotopic (exact) mass is 321 g/mol. The summed E-state index contributed by atoms with van der Waals surface area (Å²) in [4.78, 5) is 9.88. The van der Waals surface area contributed by atoms with Gasteiger partial charge in [0.2, 0.25) is 0 Å². The fourth-order valence-electron chi connectivity index (χ4n) is 1.47. The highest BCUT2D eigenvalue weighted by molar-refractivity contribution is 9.10. The van der Waals surface area contributed by atoms with Crippen molar-refractivity contribution in [2.45, 2.75) is 6.54 Å². The predicted octanol–water partition coefficient (Wildman–Crippen LogP) is 3.43. The Morgan fingerprint density at radius 3 is 2.79 bits per heavy atom. The fraction of sp³-hybridized carbons (Fsp3) is 0.0833. The van der Waals surface area contributed by atoms with Crippen molar-refractivity contribution in [3.8, 4) is 6.07 Å². The van der Waals surface area contributed by atoms with Gasteiger partial charge < -0.3 is 9.73 Å². The van der Waals surface area contributed by atoms with E-state index in [0.29, 0.717) is 17.9 Å². The molecular weight excluding hydrogens is 314 g/mol. The number of hydrogen-bond acceptors (Lipinski definition) is 5. The highest BCUT2D eigenvalue weighted by atomic mass is 79.9. The van der Waals surface area contributed by atoms with E-state index >= 15 is 0 Å². The summed E-state index contributed by atoms with van der Waals surface area (Å²) >= 11 is 3.34. The third kappa shape index (κ3) is 3.11. The molecule has 19 heavy (non-hydrogen) atoms. The van der Waals surface area contributed by atoms with Crippen LogP contribution in [0, 0.1) is 21.4 Å². The third-order valence-corrected chi connectivity index (χ3v) is 3.03. The van der Waals surface area contributed by atoms with E-state index in [1.807, 2.05) is 6.07 Å². The highest BCUT2D eigenvalue weighted by Crippen LogP contribution is 2.24. The Kier molecular flexibility index (Phi) is 3.82. The van der Waals surface area contributed by atoms with Crippen LogP contribution in [0.25, 0.3) is 0 Å². The molecule has 0 bridgehead atoms. The zero-order valence-corrected chi connectivity index (χ0v) is 11.2. The molecule has 0 spiro atoms. The van der Waals surface area contributed by atoms with Crippen LogP contribution in [0.5, 0.6) is 0 Å². The van der Waals surface area contributed by atoms with Crippen LogP contribution >= 0.6 is 15.9 Å². The summed E-state index contributed by atoms with van der Waals surface area (Å²) in [6, 6.07) is 10.0. The summed E-state index contributed by atoms with van der Waals surface area (Å²) in [5.74, 6) is 0.179. The fourth-order valence-corrected chi connectivity index (χ4v) is 1.99. The molecule has 0 aliphatic rings. The van der Waals surface area contributed by atoms with Crippen LogP contribution in [0.2, 0.25) is 0 Å². The van der Waals surface area contributed by atoms with Gasteiger partial charge in [0, 0.05) is 10.2 Å². The molecule has 96 valence electrons. The Bertz CT molecular complexity index is 660. The molecule has 0 aliphatic carbocycles. The number of nitriles is 1. The molecule has 0 saturated heterocycles. The van der Waals surface area contributed by atoms with Crippen LogP contribution in [0.1, 0.15) is 11.3 Å². The molecule has 0 unspecified atom stereocenters. The van der Waals surface area contributed by atoms with Crippen molar-refractivity contribution in [2.24, 2.45) is 0 Å². The van der Waals surface area contributed by atoms with E-state index in [4.69, 9.17) is 9.68 Å². The van der Waals surface area contributed by atoms with Crippen LogP contribution in [-0.2, 0) is 6.54 Å². The summed E-state index contributed by atoms with van der Waals surface area (Å²) in [5, 5.41) is 22.3. The quantitative estimate of drug-likeness (QED) is 0.687. The molecular formula is C12H8BrN3O3. The van der Waals surface area contributed by atoms with Gasteiger partial charge in [-0.2, -0.15) is 5.26 Å². The molecule has 0 saturated carbocycles. The Morgan fingerprint density at radius 2 is 2.21 bits per heavy atom. The molecule has 0 amide bonds. The highest BCUT2D eigenvalue weighted by Gasteiger charge is 2.11. The van der Waals surface area contributed by atoms with Gasteiger partial charge in [-0.3, -0.25) is 10.1 Å². The van der Waals surface area contributed by atoms with E-state index in [2.05, 4.69) is 21.2 Å². The van der Waals surface area contributed by atoms with Gasteiger partial charge in [0.1, 0.15) is 10.7 Å². The number of nitro groups is 1. The number of halogens is 1. The summed E-state index contributed by atoms with van der Waals surface area (Å²) in [5.41, 5.74) is 1.32. The average Bonchev–Trinajstić information content (AvgIpc) is 2.86. The first kappa shape index (κ1) is 13.1. The molecule has 0 aliphatic heterocycles. The molecule has 6 nitrogen and oxygen atoms in total. The first-order chi connectivity index (χ1) is 9.10. The molecule has 1 heterocycles. The van der Waals surface area contributed by atoms with E-state index in [1.54, 1.807) is 24.3 Å². The summed E-state index contributed by atoms with van der Waals surface area (Å²) in [7, 11) is 0. The Hall–Kier alpha value is -2.33. The van der Waals surface area contributed by atoms with Gasteiger partial charge in [0.15, 0.2) is 0 Å². The zero-order valence-electron chi connectivity index (χ0n) is 9.59. The van der Waals surface area contributed by atoms with Crippen molar-refractivity contribution in [1.82, 2.24) is 0 Å². The minimum atomic E-state index is -0.582. The van der Waals surface area contributed by atoms with Crippen molar-refractivity contribution in [3.63, 3.8) is 0 Å². The average molecular weight is 322 g/mol. The molecule has 0 radical (unpaired) electrons. The van der Waals surface area contributed by atoms with E-state index < -0.39 is 4.92 Å². The van der Waals surface area contributed by atoms with Gasteiger partial charge in [-0.05, 0) is 40.2 Å². The maximum atomic E-state index is 10.5. The van der Waals surface area contributed by atoms with Crippen LogP contribution in [0.4, 0.5) is 11.6 Å². The van der Waals surface area contributed by atoms with Crippen molar-refractivity contribution in [1.29, 1.82) is 5.26 Å². The van der Waals surface area contributed by atoms with Crippen molar-refractivity contribution < 1.29 is 9.34 Å². The molecule has 0 fully saturated rings. The normalized spacial score (nSPS) is 9.89. The molecule has 2 rings (SSSR count). The minimum absolute atomic E-state index is 0.282. The van der Waals surface area contributed by atoms with E-state index in [9.17, 15) is 10.1 Å². The van der Waals surface area contributed by atoms with Gasteiger partial charge in [-0.1, -0.05) is 0 Å². The molecule has 0 atom stereocenters. The van der Waals surface area contributed by atoms with E-state index in [0.717, 1.165) is 10.2 Å². The second-order valence-electron chi connectivity index (χ2n) is 3.66. The van der Waals surface area contributed by atoms with Crippen molar-refractivity contribution >= 4 is 27.5 Å². The number of furan rings is 1. The van der Waals surface area contributed by atoms with Crippen molar-refractivity contribution in [2.75, 3.05) is 5.32 Å². The lowest BCUT2D eigenvalue weighted by Gasteiger charge is -2.06. The Labute approximate surface area is 116 Å². The summed E-state index contributed by atoms with van der Waals surface area (Å²) in [6.45, 7) is 0.318. The largest absolute Gasteiger partial charge is 0.433 e. The lowest BCUT2D eigenvalue weighted by molar-refractivity contribution is -0.402. The number of anilines is 1. The first-order valence-electron chi connectivity index (χ1n) is 5.27. The first-order valence-corrected chi connectivity index (χ1v) is 6.06. The van der Waals surface area contributed by atoms with Crippen LogP contribution in [0.3, 0.4) is 0 Å². The Balaban J connectivity index is 2.06. The van der Waals surface area contributed by atoms with Gasteiger partial charge >= 0.3 is 5.88 Å². The van der Waals surface area contributed by atoms with Crippen LogP contribution < -0.4 is 5.32 Å². The maximum Gasteiger partial charge on any atom is 0.433 e. The van der Waals surface area contributed by atoms with Gasteiger partial charge in [0.05, 0.1) is 24.2 Å². The Morgan fingerprint density at radius 1 is 1.42 bits per heavy atom. The number of rotatable bonds is 4. The number of nitrogens with one attached hydrogen (secondary N) is 1. The zero-order chi connectivity index (χ0) is 13.8. The molecule has 7 heteroatoms. The van der Waals surface area contributed by atoms with Gasteiger partial charge in [-0.25, -0.2) is 0 Å². The topological polar surface area (TPSA) is 92.1 Å². The smallest absolute Gasteiger partial charge is 0.404 e. The van der Waals surface area contributed by atoms with Gasteiger partial charge in [0.25, 0.3) is 0 Å². The molecule has 1 aromatic carbocycles. The maximum absolute atomic E-state index is 10.5. The minimum Gasteiger partial charge on any atom is -0.404 e. The second-order valence-corrected chi connectivity index (χ2v) is 4.51. The molecule has 2 aromatic rings. The standard InChI is InChI=1S/C12H8BrN3O3/c13-10-5-8(6-14)1-3-11(10)15-7-9-2-4-12(19-9)16(17)18/h1-5,15H,7H2. The lowest BCUT2D eigenvalue weighted by atomic mass is 10.2. The number of nitrogens with zero attached hydrogens (tertiary/aromatic N) is 2. The van der Waals surface area contributed by atoms with Crippen LogP contribution in [-0.4, -0.2) is 4.92 Å². The van der Waals surface area contributed by atoms with Crippen LogP contribution in [0.15, 0.2) is 39.2 Å². The summed E-state index contributed by atoms with van der Waals surface area (Å²) in [6.07, 6.45) is 0. The molecule has 1 aromatic heterocycles. The van der Waals surface area contributed by atoms with E-state index in [1.165, 1.54) is 6.07 Å². The number of benzene rings is 1. The van der Waals surface area contributed by atoms with E-state index in [-0.39, 0.29) is 5.88 Å². The van der Waals surface area contributed by atoms with Crippen molar-refractivity contribution in [3.05, 3.63) is 56.2 Å². The lowest BCUT2D eigenvalue weighted by Crippen LogP contribution is -1.99. The summed E-state index contributed by atoms with van der Waals surface area (Å²) < 4.78 is 5.77. The SMILES string of the molecule is N#Cc1ccc(NCc2ccc([N+](=O)[O-])o2)c(Br)c1. The molecule has 1 N–H and O–H groups in total. The third-order valence-electron chi connectivity index (χ3n) is 2.38.